The number of rotatable bonds is 8. The summed E-state index contributed by atoms with van der Waals surface area (Å²) in [6.07, 6.45) is 36.0. The second-order valence-electron chi connectivity index (χ2n) is 15.0. The van der Waals surface area contributed by atoms with Crippen LogP contribution in [0.5, 0.6) is 0 Å². The van der Waals surface area contributed by atoms with E-state index in [2.05, 4.69) is 192 Å². The highest BCUT2D eigenvalue weighted by molar-refractivity contribution is 5.73. The van der Waals surface area contributed by atoms with Crippen LogP contribution in [0.1, 0.15) is 75.4 Å². The van der Waals surface area contributed by atoms with Crippen molar-refractivity contribution in [3.05, 3.63) is 212 Å². The molecule has 0 radical (unpaired) electrons. The van der Waals surface area contributed by atoms with Gasteiger partial charge in [-0.2, -0.15) is 0 Å². The topological polar surface area (TPSA) is 0 Å². The smallest absolute Gasteiger partial charge is 0.00242 e. The number of allylic oxidation sites excluding steroid dienone is 12. The Labute approximate surface area is 312 Å². The molecule has 0 fully saturated rings. The molecule has 10 rings (SSSR count). The van der Waals surface area contributed by atoms with Crippen LogP contribution >= 0.6 is 0 Å². The molecule has 0 heteroatoms. The van der Waals surface area contributed by atoms with Gasteiger partial charge in [0, 0.05) is 11.8 Å². The quantitative estimate of drug-likeness (QED) is 0.163. The number of hydrogen-bond donors (Lipinski definition) is 0. The van der Waals surface area contributed by atoms with Crippen molar-refractivity contribution in [2.75, 3.05) is 0 Å². The molecule has 0 N–H and O–H groups in total. The van der Waals surface area contributed by atoms with Gasteiger partial charge in [-0.3, -0.25) is 0 Å². The van der Waals surface area contributed by atoms with Gasteiger partial charge in [-0.15, -0.1) is 0 Å². The summed E-state index contributed by atoms with van der Waals surface area (Å²) >= 11 is 0. The highest BCUT2D eigenvalue weighted by atomic mass is 14.3. The lowest BCUT2D eigenvalue weighted by Gasteiger charge is -2.29. The lowest BCUT2D eigenvalue weighted by atomic mass is 9.76. The Balaban J connectivity index is 1.29. The first-order valence-electron chi connectivity index (χ1n) is 19.3. The van der Waals surface area contributed by atoms with Gasteiger partial charge in [-0.1, -0.05) is 171 Å². The molecular formula is C52H52. The van der Waals surface area contributed by atoms with Crippen molar-refractivity contribution >= 4 is 24.3 Å². The highest BCUT2D eigenvalue weighted by Crippen LogP contribution is 2.38. The molecule has 0 aromatic heterocycles. The average Bonchev–Trinajstić information content (AvgIpc) is 3.15. The van der Waals surface area contributed by atoms with Crippen molar-refractivity contribution in [3.8, 4) is 0 Å². The summed E-state index contributed by atoms with van der Waals surface area (Å²) in [7, 11) is 0. The third-order valence-corrected chi connectivity index (χ3v) is 11.4. The lowest BCUT2D eigenvalue weighted by Crippen LogP contribution is -2.16. The summed E-state index contributed by atoms with van der Waals surface area (Å²) in [5.74, 6) is 1.14. The Morgan fingerprint density at radius 1 is 0.558 bits per heavy atom. The maximum absolute atomic E-state index is 2.60. The maximum Gasteiger partial charge on any atom is 0.00242 e. The van der Waals surface area contributed by atoms with E-state index >= 15 is 0 Å². The fraction of sp³-hybridized carbons (Fsp3) is 0.231. The van der Waals surface area contributed by atoms with Crippen molar-refractivity contribution in [1.82, 2.24) is 0 Å². The standard InChI is InChI=1S/C52H52/c1-37-13-5-9-17-41(37)21-25-45-33-50-31-32-52-36-47(27-23-43-19-11-7-15-39(43)3)51(35-48(52)28-24-44-20-12-8-16-40(44)4)30-29-49(45)34-46(50)26-22-42-18-10-6-14-38(42)2/h5-27,33-36,40,49-50H,28-32H2,1-4H3/b25-21-,26-22+,27-23+,44-24+. The van der Waals surface area contributed by atoms with E-state index in [0.29, 0.717) is 17.8 Å². The molecule has 0 saturated heterocycles. The van der Waals surface area contributed by atoms with E-state index in [1.54, 1.807) is 0 Å². The first-order valence-corrected chi connectivity index (χ1v) is 19.3. The molecule has 260 valence electrons. The van der Waals surface area contributed by atoms with Gasteiger partial charge in [0.25, 0.3) is 0 Å². The Hall–Kier alpha value is -5.20. The second-order valence-corrected chi connectivity index (χ2v) is 15.0. The SMILES string of the molecule is Cc1ccccc1/C=C\C1=CC2CCc3cc(/C=C/c4ccccc4C)c(cc3C/C=C3\C=CC=CC3C)CCC1C=C2/C=C/c1ccccc1C. The fourth-order valence-corrected chi connectivity index (χ4v) is 7.95. The first kappa shape index (κ1) is 35.2. The van der Waals surface area contributed by atoms with Crippen LogP contribution in [-0.2, 0) is 19.3 Å². The number of hydrogen-bond acceptors (Lipinski definition) is 0. The predicted molar refractivity (Wildman–Crippen MR) is 226 cm³/mol. The minimum Gasteiger partial charge on any atom is -0.0773 e. The van der Waals surface area contributed by atoms with E-state index in [9.17, 15) is 0 Å². The van der Waals surface area contributed by atoms with Crippen LogP contribution < -0.4 is 0 Å². The van der Waals surface area contributed by atoms with Crippen LogP contribution in [0.3, 0.4) is 0 Å². The molecule has 0 amide bonds. The van der Waals surface area contributed by atoms with Gasteiger partial charge >= 0.3 is 0 Å². The van der Waals surface area contributed by atoms with Gasteiger partial charge in [0.15, 0.2) is 0 Å². The summed E-state index contributed by atoms with van der Waals surface area (Å²) in [5.41, 5.74) is 17.9. The van der Waals surface area contributed by atoms with Crippen molar-refractivity contribution < 1.29 is 0 Å². The Morgan fingerprint density at radius 2 is 1.06 bits per heavy atom. The van der Waals surface area contributed by atoms with E-state index in [1.165, 1.54) is 72.4 Å². The summed E-state index contributed by atoms with van der Waals surface area (Å²) in [6.45, 7) is 8.93. The zero-order valence-corrected chi connectivity index (χ0v) is 31.4. The molecule has 52 heavy (non-hydrogen) atoms. The fourth-order valence-electron chi connectivity index (χ4n) is 7.95. The van der Waals surface area contributed by atoms with E-state index in [1.807, 2.05) is 0 Å². The van der Waals surface area contributed by atoms with E-state index < -0.39 is 0 Å². The van der Waals surface area contributed by atoms with Crippen LogP contribution in [0, 0.1) is 38.5 Å². The molecule has 0 spiro atoms. The minimum atomic E-state index is 0.339. The van der Waals surface area contributed by atoms with Crippen molar-refractivity contribution in [1.29, 1.82) is 0 Å². The molecular weight excluding hydrogens is 625 g/mol. The zero-order valence-electron chi connectivity index (χ0n) is 31.4. The van der Waals surface area contributed by atoms with Gasteiger partial charge in [-0.05, 0) is 131 Å². The lowest BCUT2D eigenvalue weighted by molar-refractivity contribution is 0.604. The molecule has 3 atom stereocenters. The Kier molecular flexibility index (Phi) is 11.1. The third kappa shape index (κ3) is 8.46. The first-order chi connectivity index (χ1) is 25.4. The van der Waals surface area contributed by atoms with Crippen LogP contribution in [0.2, 0.25) is 0 Å². The van der Waals surface area contributed by atoms with Gasteiger partial charge in [0.2, 0.25) is 0 Å². The summed E-state index contributed by atoms with van der Waals surface area (Å²) in [5, 5.41) is 0. The maximum atomic E-state index is 2.60. The van der Waals surface area contributed by atoms with E-state index in [4.69, 9.17) is 0 Å². The molecule has 0 heterocycles. The normalized spacial score (nSPS) is 20.9. The molecule has 3 unspecified atom stereocenters. The van der Waals surface area contributed by atoms with Crippen molar-refractivity contribution in [2.24, 2.45) is 17.8 Å². The monoisotopic (exact) mass is 676 g/mol. The van der Waals surface area contributed by atoms with Crippen LogP contribution in [-0.4, -0.2) is 0 Å². The van der Waals surface area contributed by atoms with Crippen LogP contribution in [0.4, 0.5) is 0 Å². The van der Waals surface area contributed by atoms with Gasteiger partial charge < -0.3 is 0 Å². The zero-order chi connectivity index (χ0) is 35.9. The van der Waals surface area contributed by atoms with Gasteiger partial charge in [-0.25, -0.2) is 0 Å². The molecule has 0 aliphatic heterocycles. The molecule has 0 nitrogen and oxygen atoms in total. The molecule has 4 aromatic rings. The number of aryl methyl sites for hydroxylation is 5. The predicted octanol–water partition coefficient (Wildman–Crippen LogP) is 13.4. The highest BCUT2D eigenvalue weighted by Gasteiger charge is 2.24. The second kappa shape index (κ2) is 16.4. The van der Waals surface area contributed by atoms with Crippen LogP contribution in [0.25, 0.3) is 24.3 Å². The molecule has 6 aliphatic rings. The molecule has 4 aromatic carbocycles. The Morgan fingerprint density at radius 3 is 1.60 bits per heavy atom. The van der Waals surface area contributed by atoms with Crippen molar-refractivity contribution in [2.45, 2.75) is 59.8 Å². The molecule has 4 bridgehead atoms. The Bertz CT molecular complexity index is 2170. The summed E-state index contributed by atoms with van der Waals surface area (Å²) in [6, 6.07) is 31.2. The average molecular weight is 677 g/mol. The third-order valence-electron chi connectivity index (χ3n) is 11.4. The molecule has 0 saturated carbocycles. The van der Waals surface area contributed by atoms with E-state index in [0.717, 1.165) is 32.1 Å². The van der Waals surface area contributed by atoms with Crippen LogP contribution in [0.15, 0.2) is 156 Å². The van der Waals surface area contributed by atoms with Crippen molar-refractivity contribution in [3.63, 3.8) is 0 Å². The summed E-state index contributed by atoms with van der Waals surface area (Å²) < 4.78 is 0. The van der Waals surface area contributed by atoms with Gasteiger partial charge in [0.1, 0.15) is 0 Å². The van der Waals surface area contributed by atoms with E-state index in [-0.39, 0.29) is 0 Å². The summed E-state index contributed by atoms with van der Waals surface area (Å²) in [4.78, 5) is 0. The minimum absolute atomic E-state index is 0.339. The largest absolute Gasteiger partial charge is 0.0773 e. The van der Waals surface area contributed by atoms with Gasteiger partial charge in [0.05, 0.1) is 0 Å². The molecule has 6 aliphatic carbocycles. The number of benzene rings is 4.